The van der Waals surface area contributed by atoms with Crippen molar-refractivity contribution >= 4 is 0 Å². The van der Waals surface area contributed by atoms with Crippen LogP contribution in [-0.4, -0.2) is 9.55 Å². The second kappa shape index (κ2) is 6.02. The Balaban J connectivity index is 2.16. The Labute approximate surface area is 115 Å². The number of hydrogen-bond acceptors (Lipinski definition) is 2. The number of imidazole rings is 1. The molecule has 0 fully saturated rings. The molecule has 3 heteroatoms. The van der Waals surface area contributed by atoms with Gasteiger partial charge in [-0.05, 0) is 31.4 Å². The summed E-state index contributed by atoms with van der Waals surface area (Å²) in [5.41, 5.74) is 10.1. The molecule has 0 aliphatic heterocycles. The first kappa shape index (κ1) is 13.8. The molecule has 0 saturated carbocycles. The average molecular weight is 257 g/mol. The molecule has 2 rings (SSSR count). The number of nitrogens with two attached hydrogens (primary N) is 1. The highest BCUT2D eigenvalue weighted by molar-refractivity contribution is 5.32. The maximum atomic E-state index is 6.35. The van der Waals surface area contributed by atoms with Crippen LogP contribution in [0.5, 0.6) is 0 Å². The Morgan fingerprint density at radius 2 is 2.11 bits per heavy atom. The minimum absolute atomic E-state index is 0.0189. The molecule has 1 unspecified atom stereocenters. The minimum atomic E-state index is 0.0189. The van der Waals surface area contributed by atoms with Crippen molar-refractivity contribution in [2.75, 3.05) is 0 Å². The molecule has 3 nitrogen and oxygen atoms in total. The summed E-state index contributed by atoms with van der Waals surface area (Å²) < 4.78 is 2.17. The molecular weight excluding hydrogens is 234 g/mol. The van der Waals surface area contributed by atoms with Crippen LogP contribution in [0.2, 0.25) is 0 Å². The van der Waals surface area contributed by atoms with Gasteiger partial charge in [-0.25, -0.2) is 4.98 Å². The van der Waals surface area contributed by atoms with E-state index in [0.717, 1.165) is 25.2 Å². The fourth-order valence-electron chi connectivity index (χ4n) is 2.51. The van der Waals surface area contributed by atoms with E-state index in [1.807, 2.05) is 12.4 Å². The number of hydrogen-bond donors (Lipinski definition) is 1. The van der Waals surface area contributed by atoms with Gasteiger partial charge in [0.05, 0.1) is 0 Å². The normalized spacial score (nSPS) is 12.6. The summed E-state index contributed by atoms with van der Waals surface area (Å²) in [4.78, 5) is 4.40. The third-order valence-electron chi connectivity index (χ3n) is 3.49. The van der Waals surface area contributed by atoms with Crippen LogP contribution in [0.15, 0.2) is 30.6 Å². The van der Waals surface area contributed by atoms with Gasteiger partial charge in [-0.3, -0.25) is 0 Å². The predicted molar refractivity (Wildman–Crippen MR) is 79.1 cm³/mol. The lowest BCUT2D eigenvalue weighted by molar-refractivity contribution is 0.550. The molecule has 0 saturated heterocycles. The topological polar surface area (TPSA) is 43.8 Å². The van der Waals surface area contributed by atoms with E-state index in [9.17, 15) is 0 Å². The quantitative estimate of drug-likeness (QED) is 0.894. The molecule has 102 valence electrons. The zero-order chi connectivity index (χ0) is 13.8. The molecule has 1 heterocycles. The van der Waals surface area contributed by atoms with Crippen LogP contribution in [0.4, 0.5) is 0 Å². The van der Waals surface area contributed by atoms with Gasteiger partial charge >= 0.3 is 0 Å². The molecule has 2 aromatic rings. The van der Waals surface area contributed by atoms with Gasteiger partial charge in [0.15, 0.2) is 0 Å². The van der Waals surface area contributed by atoms with Crippen molar-refractivity contribution in [3.05, 3.63) is 53.1 Å². The maximum Gasteiger partial charge on any atom is 0.108 e. The van der Waals surface area contributed by atoms with Gasteiger partial charge in [0.1, 0.15) is 5.82 Å². The molecule has 1 atom stereocenters. The van der Waals surface area contributed by atoms with Crippen LogP contribution < -0.4 is 5.73 Å². The Hall–Kier alpha value is -1.61. The van der Waals surface area contributed by atoms with Gasteiger partial charge in [-0.15, -0.1) is 0 Å². The van der Waals surface area contributed by atoms with E-state index in [4.69, 9.17) is 5.73 Å². The van der Waals surface area contributed by atoms with Crippen molar-refractivity contribution in [3.63, 3.8) is 0 Å². The summed E-state index contributed by atoms with van der Waals surface area (Å²) in [5.74, 6) is 1.13. The second-order valence-electron chi connectivity index (χ2n) is 5.21. The van der Waals surface area contributed by atoms with Crippen molar-refractivity contribution in [1.82, 2.24) is 9.55 Å². The Kier molecular flexibility index (Phi) is 4.38. The lowest BCUT2D eigenvalue weighted by atomic mass is 10.00. The first-order chi connectivity index (χ1) is 9.11. The fourth-order valence-corrected chi connectivity index (χ4v) is 2.51. The van der Waals surface area contributed by atoms with E-state index in [0.29, 0.717) is 0 Å². The third kappa shape index (κ3) is 3.24. The molecular formula is C16H23N3. The summed E-state index contributed by atoms with van der Waals surface area (Å²) in [6.45, 7) is 7.20. The molecule has 0 bridgehead atoms. The number of rotatable bonds is 5. The van der Waals surface area contributed by atoms with Crippen LogP contribution in [0.1, 0.15) is 41.9 Å². The summed E-state index contributed by atoms with van der Waals surface area (Å²) in [7, 11) is 0. The molecule has 0 amide bonds. The Morgan fingerprint density at radius 3 is 2.79 bits per heavy atom. The van der Waals surface area contributed by atoms with E-state index in [1.165, 1.54) is 16.7 Å². The van der Waals surface area contributed by atoms with Gasteiger partial charge in [-0.1, -0.05) is 30.7 Å². The van der Waals surface area contributed by atoms with Gasteiger partial charge in [0, 0.05) is 31.4 Å². The molecule has 0 aliphatic carbocycles. The second-order valence-corrected chi connectivity index (χ2v) is 5.21. The highest BCUT2D eigenvalue weighted by Gasteiger charge is 2.11. The van der Waals surface area contributed by atoms with Crippen molar-refractivity contribution in [2.24, 2.45) is 5.73 Å². The van der Waals surface area contributed by atoms with Gasteiger partial charge < -0.3 is 10.3 Å². The SMILES string of the molecule is CCCc1nccn1CC(N)c1ccc(C)cc1C. The van der Waals surface area contributed by atoms with E-state index >= 15 is 0 Å². The number of benzene rings is 1. The van der Waals surface area contributed by atoms with Crippen LogP contribution in [-0.2, 0) is 13.0 Å². The molecule has 0 radical (unpaired) electrons. The average Bonchev–Trinajstić information content (AvgIpc) is 2.77. The van der Waals surface area contributed by atoms with Crippen LogP contribution in [0.3, 0.4) is 0 Å². The predicted octanol–water partition coefficient (Wildman–Crippen LogP) is 3.15. The van der Waals surface area contributed by atoms with Crippen molar-refractivity contribution in [2.45, 2.75) is 46.2 Å². The minimum Gasteiger partial charge on any atom is -0.333 e. The summed E-state index contributed by atoms with van der Waals surface area (Å²) in [5, 5.41) is 0. The van der Waals surface area contributed by atoms with Gasteiger partial charge in [-0.2, -0.15) is 0 Å². The van der Waals surface area contributed by atoms with E-state index < -0.39 is 0 Å². The first-order valence-corrected chi connectivity index (χ1v) is 6.94. The monoisotopic (exact) mass is 257 g/mol. The first-order valence-electron chi connectivity index (χ1n) is 6.94. The lowest BCUT2D eigenvalue weighted by Gasteiger charge is -2.17. The van der Waals surface area contributed by atoms with Crippen LogP contribution in [0, 0.1) is 13.8 Å². The number of nitrogens with zero attached hydrogens (tertiary/aromatic N) is 2. The van der Waals surface area contributed by atoms with Gasteiger partial charge in [0.25, 0.3) is 0 Å². The van der Waals surface area contributed by atoms with Crippen molar-refractivity contribution in [3.8, 4) is 0 Å². The summed E-state index contributed by atoms with van der Waals surface area (Å²) in [6, 6.07) is 6.48. The smallest absolute Gasteiger partial charge is 0.108 e. The largest absolute Gasteiger partial charge is 0.333 e. The molecule has 0 spiro atoms. The van der Waals surface area contributed by atoms with Crippen molar-refractivity contribution < 1.29 is 0 Å². The standard InChI is InChI=1S/C16H23N3/c1-4-5-16-18-8-9-19(16)11-15(17)14-7-6-12(2)10-13(14)3/h6-10,15H,4-5,11,17H2,1-3H3. The Bertz CT molecular complexity index is 543. The van der Waals surface area contributed by atoms with Gasteiger partial charge in [0.2, 0.25) is 0 Å². The molecule has 1 aromatic carbocycles. The Morgan fingerprint density at radius 1 is 1.32 bits per heavy atom. The van der Waals surface area contributed by atoms with Crippen LogP contribution in [0.25, 0.3) is 0 Å². The maximum absolute atomic E-state index is 6.35. The number of aromatic nitrogens is 2. The summed E-state index contributed by atoms with van der Waals surface area (Å²) in [6.07, 6.45) is 6.00. The number of aryl methyl sites for hydroxylation is 3. The van der Waals surface area contributed by atoms with Crippen LogP contribution >= 0.6 is 0 Å². The fraction of sp³-hybridized carbons (Fsp3) is 0.438. The zero-order valence-electron chi connectivity index (χ0n) is 12.1. The summed E-state index contributed by atoms with van der Waals surface area (Å²) >= 11 is 0. The highest BCUT2D eigenvalue weighted by atomic mass is 15.1. The zero-order valence-corrected chi connectivity index (χ0v) is 12.1. The lowest BCUT2D eigenvalue weighted by Crippen LogP contribution is -2.19. The molecule has 19 heavy (non-hydrogen) atoms. The highest BCUT2D eigenvalue weighted by Crippen LogP contribution is 2.19. The van der Waals surface area contributed by atoms with E-state index in [-0.39, 0.29) is 6.04 Å². The van der Waals surface area contributed by atoms with E-state index in [2.05, 4.69) is 48.5 Å². The third-order valence-corrected chi connectivity index (χ3v) is 3.49. The molecule has 0 aliphatic rings. The van der Waals surface area contributed by atoms with E-state index in [1.54, 1.807) is 0 Å². The van der Waals surface area contributed by atoms with Crippen molar-refractivity contribution in [1.29, 1.82) is 0 Å². The molecule has 2 N–H and O–H groups in total. The molecule has 1 aromatic heterocycles.